The molecular formula is C15H20N4O5S. The predicted octanol–water partition coefficient (Wildman–Crippen LogP) is -0.328. The molecule has 0 saturated carbocycles. The normalized spacial score (nSPS) is 21.7. The summed E-state index contributed by atoms with van der Waals surface area (Å²) in [4.78, 5) is 13.2. The molecule has 0 aliphatic carbocycles. The molecule has 0 radical (unpaired) electrons. The van der Waals surface area contributed by atoms with E-state index < -0.39 is 16.8 Å². The van der Waals surface area contributed by atoms with Crippen molar-refractivity contribution in [2.45, 2.75) is 12.8 Å². The summed E-state index contributed by atoms with van der Waals surface area (Å²) in [6.07, 6.45) is 1.75. The van der Waals surface area contributed by atoms with E-state index in [1.807, 2.05) is 0 Å². The van der Waals surface area contributed by atoms with Gasteiger partial charge < -0.3 is 20.5 Å². The van der Waals surface area contributed by atoms with E-state index in [4.69, 9.17) is 15.6 Å². The summed E-state index contributed by atoms with van der Waals surface area (Å²) in [6.45, 7) is 1.02. The molecular weight excluding hydrogens is 348 g/mol. The quantitative estimate of drug-likeness (QED) is 0.666. The average Bonchev–Trinajstić information content (AvgIpc) is 2.58. The lowest BCUT2D eigenvalue weighted by molar-refractivity contribution is -0.136. The topological polar surface area (TPSA) is 134 Å². The van der Waals surface area contributed by atoms with E-state index in [0.717, 1.165) is 12.8 Å². The molecule has 2 aliphatic heterocycles. The van der Waals surface area contributed by atoms with E-state index in [1.54, 1.807) is 23.1 Å². The van der Waals surface area contributed by atoms with Gasteiger partial charge in [0, 0.05) is 19.0 Å². The number of amidine groups is 1. The maximum absolute atomic E-state index is 11.6. The lowest BCUT2D eigenvalue weighted by Crippen LogP contribution is -2.42. The molecule has 2 heterocycles. The van der Waals surface area contributed by atoms with E-state index in [-0.39, 0.29) is 17.7 Å². The number of aliphatic hydroxyl groups excluding tert-OH is 1. The molecule has 25 heavy (non-hydrogen) atoms. The van der Waals surface area contributed by atoms with Gasteiger partial charge in [0.15, 0.2) is 5.84 Å². The van der Waals surface area contributed by atoms with Crippen LogP contribution in [0.5, 0.6) is 5.75 Å². The molecule has 1 amide bonds. The van der Waals surface area contributed by atoms with Crippen LogP contribution in [0.15, 0.2) is 22.6 Å². The Hall–Kier alpha value is -2.33. The average molecular weight is 368 g/mol. The number of piperidine rings is 1. The molecule has 4 N–H and O–H groups in total. The Morgan fingerprint density at radius 3 is 3.04 bits per heavy atom. The number of ether oxygens (including phenoxy) is 1. The van der Waals surface area contributed by atoms with Crippen molar-refractivity contribution in [3.63, 3.8) is 0 Å². The Morgan fingerprint density at radius 1 is 1.48 bits per heavy atom. The minimum atomic E-state index is -3.83. The highest BCUT2D eigenvalue weighted by Crippen LogP contribution is 2.31. The fraction of sp³-hybridized carbons (Fsp3) is 0.467. The van der Waals surface area contributed by atoms with Crippen LogP contribution in [0.3, 0.4) is 0 Å². The summed E-state index contributed by atoms with van der Waals surface area (Å²) in [6, 6.07) is 4.95. The van der Waals surface area contributed by atoms with Crippen molar-refractivity contribution in [3.05, 3.63) is 23.8 Å². The highest BCUT2D eigenvalue weighted by Gasteiger charge is 2.26. The molecule has 0 spiro atoms. The van der Waals surface area contributed by atoms with Gasteiger partial charge in [0.25, 0.3) is 0 Å². The fourth-order valence-electron chi connectivity index (χ4n) is 3.07. The monoisotopic (exact) mass is 368 g/mol. The summed E-state index contributed by atoms with van der Waals surface area (Å²) in [7, 11) is -3.83. The lowest BCUT2D eigenvalue weighted by atomic mass is 9.99. The van der Waals surface area contributed by atoms with Gasteiger partial charge in [0.1, 0.15) is 12.4 Å². The first-order valence-corrected chi connectivity index (χ1v) is 9.36. The minimum absolute atomic E-state index is 0.120. The molecule has 0 bridgehead atoms. The third kappa shape index (κ3) is 3.85. The maximum Gasteiger partial charge on any atom is 0.344 e. The van der Waals surface area contributed by atoms with Crippen molar-refractivity contribution in [1.29, 1.82) is 0 Å². The highest BCUT2D eigenvalue weighted by atomic mass is 32.2. The number of hydrogen-bond acceptors (Lipinski definition) is 6. The van der Waals surface area contributed by atoms with Gasteiger partial charge in [0.2, 0.25) is 5.91 Å². The van der Waals surface area contributed by atoms with Gasteiger partial charge in [-0.1, -0.05) is 6.07 Å². The number of aliphatic hydroxyl groups is 1. The molecule has 1 aromatic rings. The number of rotatable bonds is 4. The number of likely N-dealkylation sites (tertiary alicyclic amines) is 1. The zero-order valence-corrected chi connectivity index (χ0v) is 14.3. The van der Waals surface area contributed by atoms with Gasteiger partial charge in [-0.2, -0.15) is 8.42 Å². The number of amides is 1. The van der Waals surface area contributed by atoms with Crippen molar-refractivity contribution in [2.24, 2.45) is 16.0 Å². The standard InChI is InChI=1S/C15H20N4O5S/c16-15-14-11(17-25(22,23)18-15)4-1-5-12(14)24-9-10-3-2-6-19(7-10)13(21)8-20/h1,4-5,10,17,20H,2-3,6-9H2,(H2,16,18). The number of nitrogens with one attached hydrogen (secondary N) is 1. The SMILES string of the molecule is NC1=NS(=O)(=O)Nc2cccc(OCC3CCCN(C(=O)CO)C3)c21. The molecule has 3 rings (SSSR count). The molecule has 1 fully saturated rings. The van der Waals surface area contributed by atoms with Gasteiger partial charge in [-0.05, 0) is 25.0 Å². The van der Waals surface area contributed by atoms with Crippen LogP contribution in [0.25, 0.3) is 0 Å². The second kappa shape index (κ2) is 6.89. The number of fused-ring (bicyclic) bond motifs is 1. The fourth-order valence-corrected chi connectivity index (χ4v) is 3.92. The van der Waals surface area contributed by atoms with Crippen molar-refractivity contribution < 1.29 is 23.1 Å². The summed E-state index contributed by atoms with van der Waals surface area (Å²) in [5.74, 6) is 0.156. The number of hydrogen-bond donors (Lipinski definition) is 3. The van der Waals surface area contributed by atoms with E-state index >= 15 is 0 Å². The number of benzene rings is 1. The Labute approximate surface area is 145 Å². The van der Waals surface area contributed by atoms with Crippen LogP contribution in [0.2, 0.25) is 0 Å². The van der Waals surface area contributed by atoms with Crippen LogP contribution in [0.1, 0.15) is 18.4 Å². The lowest BCUT2D eigenvalue weighted by Gasteiger charge is -2.32. The first-order chi connectivity index (χ1) is 11.9. The zero-order valence-electron chi connectivity index (χ0n) is 13.5. The molecule has 136 valence electrons. The molecule has 1 aromatic carbocycles. The minimum Gasteiger partial charge on any atom is -0.492 e. The van der Waals surface area contributed by atoms with Crippen molar-refractivity contribution >= 4 is 27.6 Å². The molecule has 1 atom stereocenters. The third-order valence-corrected chi connectivity index (χ3v) is 5.14. The summed E-state index contributed by atoms with van der Waals surface area (Å²) >= 11 is 0. The first kappa shape index (κ1) is 17.5. The van der Waals surface area contributed by atoms with Crippen LogP contribution < -0.4 is 15.2 Å². The van der Waals surface area contributed by atoms with E-state index in [2.05, 4.69) is 9.12 Å². The highest BCUT2D eigenvalue weighted by molar-refractivity contribution is 7.91. The number of nitrogens with zero attached hydrogens (tertiary/aromatic N) is 2. The number of anilines is 1. The Kier molecular flexibility index (Phi) is 4.82. The first-order valence-electron chi connectivity index (χ1n) is 7.92. The molecule has 1 unspecified atom stereocenters. The number of nitrogens with two attached hydrogens (primary N) is 1. The largest absolute Gasteiger partial charge is 0.492 e. The van der Waals surface area contributed by atoms with Crippen LogP contribution in [0.4, 0.5) is 5.69 Å². The maximum atomic E-state index is 11.6. The third-order valence-electron chi connectivity index (χ3n) is 4.22. The molecule has 2 aliphatic rings. The Morgan fingerprint density at radius 2 is 2.28 bits per heavy atom. The van der Waals surface area contributed by atoms with Gasteiger partial charge in [-0.15, -0.1) is 4.40 Å². The predicted molar refractivity (Wildman–Crippen MR) is 91.6 cm³/mol. The number of carbonyl (C=O) groups is 1. The van der Waals surface area contributed by atoms with Gasteiger partial charge in [-0.3, -0.25) is 9.52 Å². The van der Waals surface area contributed by atoms with Crippen molar-refractivity contribution in [2.75, 3.05) is 31.0 Å². The van der Waals surface area contributed by atoms with Crippen molar-refractivity contribution in [1.82, 2.24) is 4.90 Å². The van der Waals surface area contributed by atoms with Gasteiger partial charge >= 0.3 is 10.2 Å². The zero-order chi connectivity index (χ0) is 18.0. The van der Waals surface area contributed by atoms with Crippen LogP contribution in [-0.4, -0.2) is 56.5 Å². The summed E-state index contributed by atoms with van der Waals surface area (Å²) in [5.41, 5.74) is 6.52. The van der Waals surface area contributed by atoms with E-state index in [1.165, 1.54) is 0 Å². The van der Waals surface area contributed by atoms with E-state index in [0.29, 0.717) is 36.7 Å². The van der Waals surface area contributed by atoms with Crippen LogP contribution in [-0.2, 0) is 15.0 Å². The van der Waals surface area contributed by atoms with Crippen LogP contribution in [0, 0.1) is 5.92 Å². The number of carbonyl (C=O) groups excluding carboxylic acids is 1. The Balaban J connectivity index is 1.72. The molecule has 0 aromatic heterocycles. The second-order valence-corrected chi connectivity index (χ2v) is 7.39. The summed E-state index contributed by atoms with van der Waals surface area (Å²) in [5, 5.41) is 8.98. The Bertz CT molecular complexity index is 808. The summed E-state index contributed by atoms with van der Waals surface area (Å²) < 4.78 is 34.8. The molecule has 10 heteroatoms. The smallest absolute Gasteiger partial charge is 0.344 e. The molecule has 1 saturated heterocycles. The van der Waals surface area contributed by atoms with Gasteiger partial charge in [0.05, 0.1) is 17.9 Å². The van der Waals surface area contributed by atoms with E-state index in [9.17, 15) is 13.2 Å². The second-order valence-electron chi connectivity index (χ2n) is 6.05. The van der Waals surface area contributed by atoms with Gasteiger partial charge in [-0.25, -0.2) is 0 Å². The van der Waals surface area contributed by atoms with Crippen LogP contribution >= 0.6 is 0 Å². The van der Waals surface area contributed by atoms with Crippen molar-refractivity contribution in [3.8, 4) is 5.75 Å². The molecule has 9 nitrogen and oxygen atoms in total.